The Labute approximate surface area is 71.1 Å². The van der Waals surface area contributed by atoms with E-state index in [9.17, 15) is 8.42 Å². The van der Waals surface area contributed by atoms with Gasteiger partial charge in [-0.3, -0.25) is 0 Å². The van der Waals surface area contributed by atoms with E-state index in [4.69, 9.17) is 4.74 Å². The Balaban J connectivity index is 2.73. The summed E-state index contributed by atoms with van der Waals surface area (Å²) in [6.07, 6.45) is 0. The first-order valence-electron chi connectivity index (χ1n) is 3.46. The van der Waals surface area contributed by atoms with Crippen molar-refractivity contribution in [2.75, 3.05) is 0 Å². The van der Waals surface area contributed by atoms with Crippen LogP contribution in [0.3, 0.4) is 0 Å². The molecule has 0 amide bonds. The van der Waals surface area contributed by atoms with Gasteiger partial charge >= 0.3 is 0 Å². The highest BCUT2D eigenvalue weighted by molar-refractivity contribution is 7.73. The predicted octanol–water partition coefficient (Wildman–Crippen LogP) is 0.574. The fraction of sp³-hybridized carbons (Fsp3) is 0.125. The van der Waals surface area contributed by atoms with Gasteiger partial charge in [0.05, 0.1) is 6.61 Å². The van der Waals surface area contributed by atoms with Crippen LogP contribution < -0.4 is 0 Å². The molecule has 1 heterocycles. The van der Waals surface area contributed by atoms with E-state index in [0.717, 1.165) is 5.56 Å². The lowest BCUT2D eigenvalue weighted by Crippen LogP contribution is -1.97. The van der Waals surface area contributed by atoms with Gasteiger partial charge in [-0.1, -0.05) is 24.3 Å². The number of ether oxygens (including phenoxy) is 1. The Bertz CT molecular complexity index is 437. The molecule has 62 valence electrons. The molecule has 1 aliphatic rings. The van der Waals surface area contributed by atoms with Crippen LogP contribution in [0, 0.1) is 0 Å². The highest BCUT2D eigenvalue weighted by Gasteiger charge is 2.18. The fourth-order valence-corrected chi connectivity index (χ4v) is 1.74. The molecule has 0 aliphatic carbocycles. The minimum absolute atomic E-state index is 0.0607. The second kappa shape index (κ2) is 2.73. The molecule has 0 radical (unpaired) electrons. The largest absolute Gasteiger partial charge is 0.327 e. The molecule has 12 heavy (non-hydrogen) atoms. The Kier molecular flexibility index (Phi) is 1.71. The number of benzene rings is 1. The molecule has 0 N–H and O–H groups in total. The molecular formula is C8H6O3S. The second-order valence-electron chi connectivity index (χ2n) is 2.47. The predicted molar refractivity (Wildman–Crippen MR) is 44.3 cm³/mol. The van der Waals surface area contributed by atoms with E-state index < -0.39 is 10.3 Å². The van der Waals surface area contributed by atoms with Gasteiger partial charge in [-0.05, 0) is 5.56 Å². The third-order valence-corrected chi connectivity index (χ3v) is 2.39. The standard InChI is InChI=1S/C8H6O3S/c9-12(10)8-7-4-2-1-3-6(7)5-11-8/h1-4H,5H2. The average Bonchev–Trinajstić information content (AvgIpc) is 2.47. The van der Waals surface area contributed by atoms with E-state index in [1.165, 1.54) is 0 Å². The van der Waals surface area contributed by atoms with Gasteiger partial charge in [-0.25, -0.2) is 0 Å². The summed E-state index contributed by atoms with van der Waals surface area (Å²) in [7, 11) is -2.26. The van der Waals surface area contributed by atoms with Crippen molar-refractivity contribution in [3.05, 3.63) is 35.4 Å². The molecule has 0 bridgehead atoms. The number of hydrogen-bond acceptors (Lipinski definition) is 3. The summed E-state index contributed by atoms with van der Waals surface area (Å²) in [5.41, 5.74) is 1.61. The van der Waals surface area contributed by atoms with Gasteiger partial charge in [0.2, 0.25) is 15.3 Å². The lowest BCUT2D eigenvalue weighted by molar-refractivity contribution is 0.319. The number of hydrogen-bond donors (Lipinski definition) is 0. The highest BCUT2D eigenvalue weighted by atomic mass is 32.2. The van der Waals surface area contributed by atoms with Gasteiger partial charge in [-0.15, -0.1) is 0 Å². The highest BCUT2D eigenvalue weighted by Crippen LogP contribution is 2.18. The van der Waals surface area contributed by atoms with Crippen LogP contribution >= 0.6 is 0 Å². The zero-order chi connectivity index (χ0) is 8.55. The smallest absolute Gasteiger partial charge is 0.245 e. The van der Waals surface area contributed by atoms with Crippen molar-refractivity contribution in [2.45, 2.75) is 6.61 Å². The van der Waals surface area contributed by atoms with Crippen LogP contribution in [0.15, 0.2) is 24.3 Å². The quantitative estimate of drug-likeness (QED) is 0.551. The minimum atomic E-state index is -2.26. The molecule has 1 aromatic rings. The van der Waals surface area contributed by atoms with Crippen LogP contribution in [0.4, 0.5) is 0 Å². The van der Waals surface area contributed by atoms with Crippen LogP contribution in [0.5, 0.6) is 0 Å². The summed E-state index contributed by atoms with van der Waals surface area (Å²) in [6, 6.07) is 7.25. The number of fused-ring (bicyclic) bond motifs is 1. The van der Waals surface area contributed by atoms with Gasteiger partial charge in [0.1, 0.15) is 0 Å². The molecule has 0 unspecified atom stereocenters. The first kappa shape index (κ1) is 7.52. The van der Waals surface area contributed by atoms with Gasteiger partial charge in [0.15, 0.2) is 0 Å². The molecule has 0 saturated carbocycles. The average molecular weight is 182 g/mol. The first-order chi connectivity index (χ1) is 5.79. The third-order valence-electron chi connectivity index (χ3n) is 1.75. The van der Waals surface area contributed by atoms with Crippen molar-refractivity contribution in [3.63, 3.8) is 0 Å². The van der Waals surface area contributed by atoms with E-state index in [2.05, 4.69) is 0 Å². The monoisotopic (exact) mass is 182 g/mol. The lowest BCUT2D eigenvalue weighted by Gasteiger charge is -1.90. The Morgan fingerprint density at radius 1 is 1.25 bits per heavy atom. The topological polar surface area (TPSA) is 43.4 Å². The summed E-state index contributed by atoms with van der Waals surface area (Å²) >= 11 is 0. The molecule has 0 fully saturated rings. The number of rotatable bonds is 0. The summed E-state index contributed by atoms with van der Waals surface area (Å²) < 4.78 is 26.2. The Morgan fingerprint density at radius 3 is 2.75 bits per heavy atom. The molecule has 1 aliphatic heterocycles. The third kappa shape index (κ3) is 1.05. The van der Waals surface area contributed by atoms with Gasteiger partial charge < -0.3 is 4.74 Å². The molecule has 0 saturated heterocycles. The van der Waals surface area contributed by atoms with Gasteiger partial charge in [0, 0.05) is 5.56 Å². The minimum Gasteiger partial charge on any atom is -0.327 e. The molecule has 0 spiro atoms. The summed E-state index contributed by atoms with van der Waals surface area (Å²) in [5.74, 6) is 0. The van der Waals surface area contributed by atoms with Crippen molar-refractivity contribution in [3.8, 4) is 0 Å². The first-order valence-corrected chi connectivity index (χ1v) is 4.54. The Morgan fingerprint density at radius 2 is 2.00 bits per heavy atom. The maximum absolute atomic E-state index is 10.6. The summed E-state index contributed by atoms with van der Waals surface area (Å²) in [5, 5.41) is 0.0607. The molecular weight excluding hydrogens is 176 g/mol. The van der Waals surface area contributed by atoms with Crippen molar-refractivity contribution < 1.29 is 13.2 Å². The van der Waals surface area contributed by atoms with Crippen molar-refractivity contribution in [1.29, 1.82) is 0 Å². The van der Waals surface area contributed by atoms with Crippen LogP contribution in [0.2, 0.25) is 0 Å². The molecule has 3 nitrogen and oxygen atoms in total. The Hall–Kier alpha value is -1.13. The lowest BCUT2D eigenvalue weighted by atomic mass is 10.1. The van der Waals surface area contributed by atoms with Crippen molar-refractivity contribution >= 4 is 15.3 Å². The molecule has 2 rings (SSSR count). The SMILES string of the molecule is O=S(=O)=C1OCc2ccccc21. The summed E-state index contributed by atoms with van der Waals surface area (Å²) in [4.78, 5) is 0. The van der Waals surface area contributed by atoms with E-state index in [1.54, 1.807) is 12.1 Å². The van der Waals surface area contributed by atoms with Crippen LogP contribution in [-0.2, 0) is 21.6 Å². The van der Waals surface area contributed by atoms with Crippen LogP contribution in [-0.4, -0.2) is 13.5 Å². The fourth-order valence-electron chi connectivity index (χ4n) is 1.20. The molecule has 4 heteroatoms. The van der Waals surface area contributed by atoms with Gasteiger partial charge in [-0.2, -0.15) is 8.42 Å². The second-order valence-corrected chi connectivity index (χ2v) is 3.31. The van der Waals surface area contributed by atoms with Crippen LogP contribution in [0.25, 0.3) is 0 Å². The van der Waals surface area contributed by atoms with Crippen LogP contribution in [0.1, 0.15) is 11.1 Å². The van der Waals surface area contributed by atoms with Crippen molar-refractivity contribution in [1.82, 2.24) is 0 Å². The maximum atomic E-state index is 10.6. The zero-order valence-electron chi connectivity index (χ0n) is 6.15. The van der Waals surface area contributed by atoms with Gasteiger partial charge in [0.25, 0.3) is 0 Å². The molecule has 0 aromatic heterocycles. The van der Waals surface area contributed by atoms with E-state index in [0.29, 0.717) is 12.2 Å². The van der Waals surface area contributed by atoms with E-state index in [1.807, 2.05) is 12.1 Å². The normalized spacial score (nSPS) is 14.5. The molecule has 0 atom stereocenters. The molecule has 1 aromatic carbocycles. The summed E-state index contributed by atoms with van der Waals surface area (Å²) in [6.45, 7) is 0.361. The van der Waals surface area contributed by atoms with Crippen molar-refractivity contribution in [2.24, 2.45) is 0 Å². The maximum Gasteiger partial charge on any atom is 0.245 e. The zero-order valence-corrected chi connectivity index (χ0v) is 6.97. The van der Waals surface area contributed by atoms with E-state index in [-0.39, 0.29) is 5.05 Å². The van der Waals surface area contributed by atoms with E-state index >= 15 is 0 Å².